The first-order chi connectivity index (χ1) is 14.7. The van der Waals surface area contributed by atoms with Crippen LogP contribution in [0.1, 0.15) is 11.1 Å². The van der Waals surface area contributed by atoms with Crippen molar-refractivity contribution in [1.29, 1.82) is 0 Å². The predicted octanol–water partition coefficient (Wildman–Crippen LogP) is 6.42. The van der Waals surface area contributed by atoms with Gasteiger partial charge in [0.15, 0.2) is 0 Å². The molecule has 0 amide bonds. The molecule has 30 heavy (non-hydrogen) atoms. The summed E-state index contributed by atoms with van der Waals surface area (Å²) in [5.41, 5.74) is 10.9. The SMILES string of the molecule is Cc1ccccc1-c1cc(-c2ccc(-c3cc(-c4ccccc4C)[nH]n3)cc2)n[nH]1. The van der Waals surface area contributed by atoms with Crippen molar-refractivity contribution in [3.8, 4) is 45.0 Å². The summed E-state index contributed by atoms with van der Waals surface area (Å²) in [6.45, 7) is 4.22. The van der Waals surface area contributed by atoms with E-state index in [-0.39, 0.29) is 0 Å². The minimum absolute atomic E-state index is 0.933. The van der Waals surface area contributed by atoms with Crippen molar-refractivity contribution in [3.05, 3.63) is 96.1 Å². The number of benzene rings is 3. The number of H-pyrrole nitrogens is 2. The summed E-state index contributed by atoms with van der Waals surface area (Å²) < 4.78 is 0. The van der Waals surface area contributed by atoms with Crippen LogP contribution >= 0.6 is 0 Å². The molecule has 2 aromatic heterocycles. The Morgan fingerprint density at radius 1 is 0.533 bits per heavy atom. The fourth-order valence-electron chi connectivity index (χ4n) is 3.78. The van der Waals surface area contributed by atoms with Crippen LogP contribution in [0.3, 0.4) is 0 Å². The molecule has 0 bridgehead atoms. The zero-order valence-electron chi connectivity index (χ0n) is 17.0. The van der Waals surface area contributed by atoms with Gasteiger partial charge in [-0.1, -0.05) is 72.8 Å². The van der Waals surface area contributed by atoms with Crippen LogP contribution in [-0.2, 0) is 0 Å². The molecule has 0 aliphatic rings. The molecular weight excluding hydrogens is 368 g/mol. The van der Waals surface area contributed by atoms with Crippen LogP contribution < -0.4 is 0 Å². The molecule has 146 valence electrons. The normalized spacial score (nSPS) is 11.0. The molecular formula is C26H22N4. The van der Waals surface area contributed by atoms with Gasteiger partial charge in [-0.25, -0.2) is 0 Å². The van der Waals surface area contributed by atoms with Crippen LogP contribution in [0.5, 0.6) is 0 Å². The van der Waals surface area contributed by atoms with Crippen molar-refractivity contribution < 1.29 is 0 Å². The second-order valence-electron chi connectivity index (χ2n) is 7.54. The maximum Gasteiger partial charge on any atom is 0.0927 e. The predicted molar refractivity (Wildman–Crippen MR) is 122 cm³/mol. The molecule has 4 nitrogen and oxygen atoms in total. The first kappa shape index (κ1) is 18.1. The molecule has 0 radical (unpaired) electrons. The molecule has 3 aromatic carbocycles. The third-order valence-corrected chi connectivity index (χ3v) is 5.50. The Balaban J connectivity index is 1.41. The van der Waals surface area contributed by atoms with Gasteiger partial charge in [0, 0.05) is 22.3 Å². The summed E-state index contributed by atoms with van der Waals surface area (Å²) in [5.74, 6) is 0. The number of aromatic nitrogens is 4. The molecule has 0 saturated heterocycles. The highest BCUT2D eigenvalue weighted by Crippen LogP contribution is 2.29. The van der Waals surface area contributed by atoms with Gasteiger partial charge in [-0.2, -0.15) is 10.2 Å². The Kier molecular flexibility index (Phi) is 4.52. The molecule has 4 heteroatoms. The van der Waals surface area contributed by atoms with E-state index in [2.05, 4.69) is 107 Å². The summed E-state index contributed by atoms with van der Waals surface area (Å²) in [4.78, 5) is 0. The van der Waals surface area contributed by atoms with E-state index in [1.807, 2.05) is 12.1 Å². The van der Waals surface area contributed by atoms with E-state index in [9.17, 15) is 0 Å². The molecule has 5 aromatic rings. The summed E-state index contributed by atoms with van der Waals surface area (Å²) in [5, 5.41) is 15.4. The standard InChI is InChI=1S/C26H22N4/c1-17-7-3-5-9-21(17)25-15-23(27-29-25)19-11-13-20(14-12-19)24-16-26(30-28-24)22-10-6-4-8-18(22)2/h3-16H,1-2H3,(H,27,29)(H,28,30). The smallest absolute Gasteiger partial charge is 0.0927 e. The molecule has 0 aliphatic heterocycles. The van der Waals surface area contributed by atoms with Crippen molar-refractivity contribution in [3.63, 3.8) is 0 Å². The van der Waals surface area contributed by atoms with E-state index in [0.717, 1.165) is 33.9 Å². The van der Waals surface area contributed by atoms with E-state index < -0.39 is 0 Å². The van der Waals surface area contributed by atoms with Gasteiger partial charge in [-0.3, -0.25) is 10.2 Å². The monoisotopic (exact) mass is 390 g/mol. The lowest BCUT2D eigenvalue weighted by Gasteiger charge is -2.01. The first-order valence-corrected chi connectivity index (χ1v) is 10.0. The highest BCUT2D eigenvalue weighted by Gasteiger charge is 2.10. The summed E-state index contributed by atoms with van der Waals surface area (Å²) in [6, 6.07) is 29.2. The number of nitrogens with one attached hydrogen (secondary N) is 2. The van der Waals surface area contributed by atoms with Gasteiger partial charge in [0.1, 0.15) is 0 Å². The van der Waals surface area contributed by atoms with E-state index in [0.29, 0.717) is 0 Å². The van der Waals surface area contributed by atoms with Gasteiger partial charge in [0.25, 0.3) is 0 Å². The lowest BCUT2D eigenvalue weighted by molar-refractivity contribution is 1.09. The Hall–Kier alpha value is -3.92. The van der Waals surface area contributed by atoms with Gasteiger partial charge in [0.05, 0.1) is 22.8 Å². The van der Waals surface area contributed by atoms with Gasteiger partial charge < -0.3 is 0 Å². The van der Waals surface area contributed by atoms with Crippen molar-refractivity contribution >= 4 is 0 Å². The van der Waals surface area contributed by atoms with Crippen LogP contribution in [0, 0.1) is 13.8 Å². The molecule has 0 aliphatic carbocycles. The quantitative estimate of drug-likeness (QED) is 0.372. The van der Waals surface area contributed by atoms with E-state index in [1.54, 1.807) is 0 Å². The summed E-state index contributed by atoms with van der Waals surface area (Å²) in [7, 11) is 0. The number of hydrogen-bond acceptors (Lipinski definition) is 2. The molecule has 2 N–H and O–H groups in total. The maximum absolute atomic E-state index is 4.51. The average molecular weight is 390 g/mol. The lowest BCUT2D eigenvalue weighted by Crippen LogP contribution is -1.81. The minimum Gasteiger partial charge on any atom is -0.277 e. The number of aryl methyl sites for hydroxylation is 2. The first-order valence-electron chi connectivity index (χ1n) is 10.0. The second kappa shape index (κ2) is 7.48. The van der Waals surface area contributed by atoms with Gasteiger partial charge in [-0.05, 0) is 37.1 Å². The molecule has 0 fully saturated rings. The highest BCUT2D eigenvalue weighted by atomic mass is 15.1. The second-order valence-corrected chi connectivity index (χ2v) is 7.54. The number of nitrogens with zero attached hydrogens (tertiary/aromatic N) is 2. The Bertz CT molecular complexity index is 1210. The topological polar surface area (TPSA) is 57.4 Å². The number of hydrogen-bond donors (Lipinski definition) is 2. The van der Waals surface area contributed by atoms with E-state index in [1.165, 1.54) is 22.3 Å². The molecule has 0 unspecified atom stereocenters. The van der Waals surface area contributed by atoms with Crippen molar-refractivity contribution in [2.75, 3.05) is 0 Å². The molecule has 5 rings (SSSR count). The Labute approximate surface area is 175 Å². The van der Waals surface area contributed by atoms with Crippen LogP contribution in [0.4, 0.5) is 0 Å². The van der Waals surface area contributed by atoms with Crippen LogP contribution in [0.15, 0.2) is 84.9 Å². The maximum atomic E-state index is 4.51. The summed E-state index contributed by atoms with van der Waals surface area (Å²) in [6.07, 6.45) is 0. The fourth-order valence-corrected chi connectivity index (χ4v) is 3.78. The largest absolute Gasteiger partial charge is 0.277 e. The van der Waals surface area contributed by atoms with Crippen molar-refractivity contribution in [2.24, 2.45) is 0 Å². The third-order valence-electron chi connectivity index (χ3n) is 5.50. The van der Waals surface area contributed by atoms with Crippen LogP contribution in [-0.4, -0.2) is 20.4 Å². The van der Waals surface area contributed by atoms with Crippen LogP contribution in [0.25, 0.3) is 45.0 Å². The lowest BCUT2D eigenvalue weighted by atomic mass is 10.0. The van der Waals surface area contributed by atoms with Gasteiger partial charge in [0.2, 0.25) is 0 Å². The minimum atomic E-state index is 0.933. The highest BCUT2D eigenvalue weighted by molar-refractivity contribution is 5.74. The average Bonchev–Trinajstić information content (AvgIpc) is 3.45. The van der Waals surface area contributed by atoms with E-state index >= 15 is 0 Å². The van der Waals surface area contributed by atoms with Crippen molar-refractivity contribution in [2.45, 2.75) is 13.8 Å². The fraction of sp³-hybridized carbons (Fsp3) is 0.0769. The zero-order chi connectivity index (χ0) is 20.5. The molecule has 0 spiro atoms. The molecule has 0 atom stereocenters. The van der Waals surface area contributed by atoms with Crippen LogP contribution in [0.2, 0.25) is 0 Å². The third kappa shape index (κ3) is 3.33. The van der Waals surface area contributed by atoms with Gasteiger partial charge in [-0.15, -0.1) is 0 Å². The zero-order valence-corrected chi connectivity index (χ0v) is 17.0. The Morgan fingerprint density at radius 3 is 1.33 bits per heavy atom. The molecule has 0 saturated carbocycles. The Morgan fingerprint density at radius 2 is 0.933 bits per heavy atom. The summed E-state index contributed by atoms with van der Waals surface area (Å²) >= 11 is 0. The number of rotatable bonds is 4. The van der Waals surface area contributed by atoms with Crippen molar-refractivity contribution in [1.82, 2.24) is 20.4 Å². The van der Waals surface area contributed by atoms with Gasteiger partial charge >= 0.3 is 0 Å². The number of aromatic amines is 2. The molecule has 2 heterocycles. The van der Waals surface area contributed by atoms with E-state index in [4.69, 9.17) is 0 Å².